The summed E-state index contributed by atoms with van der Waals surface area (Å²) in [5.74, 6) is 0. The van der Waals surface area contributed by atoms with Crippen LogP contribution in [0.1, 0.15) is 56.4 Å². The molecule has 2 aromatic carbocycles. The first-order valence-electron chi connectivity index (χ1n) is 8.76. The van der Waals surface area contributed by atoms with Gasteiger partial charge in [-0.2, -0.15) is 0 Å². The van der Waals surface area contributed by atoms with E-state index in [1.165, 1.54) is 33.4 Å². The highest BCUT2D eigenvalue weighted by molar-refractivity contribution is 5.86. The molecule has 0 fully saturated rings. The fourth-order valence-electron chi connectivity index (χ4n) is 2.46. The minimum Gasteiger partial charge on any atom is -0.0683 e. The van der Waals surface area contributed by atoms with E-state index in [-0.39, 0.29) is 0 Å². The van der Waals surface area contributed by atoms with Crippen LogP contribution >= 0.6 is 0 Å². The zero-order chi connectivity index (χ0) is 17.2. The summed E-state index contributed by atoms with van der Waals surface area (Å²) in [5.41, 5.74) is 8.13. The zero-order valence-electron chi connectivity index (χ0n) is 15.5. The Morgan fingerprint density at radius 3 is 1.13 bits per heavy atom. The second kappa shape index (κ2) is 9.84. The molecule has 0 amide bonds. The van der Waals surface area contributed by atoms with Crippen LogP contribution in [-0.2, 0) is 0 Å². The van der Waals surface area contributed by atoms with Crippen LogP contribution in [0.5, 0.6) is 0 Å². The van der Waals surface area contributed by atoms with Crippen molar-refractivity contribution >= 4 is 11.1 Å². The van der Waals surface area contributed by atoms with Crippen molar-refractivity contribution in [1.82, 2.24) is 0 Å². The van der Waals surface area contributed by atoms with Gasteiger partial charge in [0, 0.05) is 0 Å². The highest BCUT2D eigenvalue weighted by atomic mass is 14.2. The fourth-order valence-corrected chi connectivity index (χ4v) is 2.46. The summed E-state index contributed by atoms with van der Waals surface area (Å²) in [6.07, 6.45) is 5.53. The Morgan fingerprint density at radius 1 is 0.522 bits per heavy atom. The molecule has 3 rings (SSSR count). The maximum absolute atomic E-state index is 2.25. The van der Waals surface area contributed by atoms with Crippen LogP contribution in [0, 0.1) is 13.8 Å². The van der Waals surface area contributed by atoms with Crippen LogP contribution in [0.2, 0.25) is 0 Å². The first-order chi connectivity index (χ1) is 11.2. The maximum Gasteiger partial charge on any atom is -0.00139 e. The topological polar surface area (TPSA) is 0 Å². The van der Waals surface area contributed by atoms with E-state index in [9.17, 15) is 0 Å². The van der Waals surface area contributed by atoms with E-state index in [4.69, 9.17) is 0 Å². The van der Waals surface area contributed by atoms with E-state index in [1.54, 1.807) is 0 Å². The van der Waals surface area contributed by atoms with Crippen molar-refractivity contribution in [1.29, 1.82) is 0 Å². The van der Waals surface area contributed by atoms with Gasteiger partial charge in [-0.3, -0.25) is 0 Å². The lowest BCUT2D eigenvalue weighted by molar-refractivity contribution is 1.38. The molecule has 1 aliphatic carbocycles. The van der Waals surface area contributed by atoms with Gasteiger partial charge in [-0.15, -0.1) is 0 Å². The van der Waals surface area contributed by atoms with Crippen LogP contribution in [0.4, 0.5) is 0 Å². The predicted octanol–water partition coefficient (Wildman–Crippen LogP) is 7.23. The van der Waals surface area contributed by atoms with Crippen molar-refractivity contribution in [2.75, 3.05) is 0 Å². The number of aryl methyl sites for hydroxylation is 2. The summed E-state index contributed by atoms with van der Waals surface area (Å²) in [6, 6.07) is 17.6. The Bertz CT molecular complexity index is 578. The molecule has 0 spiro atoms. The molecule has 0 heteroatoms. The van der Waals surface area contributed by atoms with E-state index in [0.717, 1.165) is 6.42 Å². The number of rotatable bonds is 2. The molecule has 0 N–H and O–H groups in total. The zero-order valence-corrected chi connectivity index (χ0v) is 15.5. The van der Waals surface area contributed by atoms with Gasteiger partial charge in [-0.05, 0) is 42.5 Å². The van der Waals surface area contributed by atoms with Gasteiger partial charge in [0.05, 0.1) is 0 Å². The molecule has 0 saturated heterocycles. The van der Waals surface area contributed by atoms with Crippen molar-refractivity contribution in [2.45, 2.75) is 48.0 Å². The Kier molecular flexibility index (Phi) is 8.11. The molecule has 0 nitrogen and oxygen atoms in total. The predicted molar refractivity (Wildman–Crippen MR) is 106 cm³/mol. The van der Waals surface area contributed by atoms with Gasteiger partial charge in [0.25, 0.3) is 0 Å². The Balaban J connectivity index is 0.000000615. The molecule has 0 radical (unpaired) electrons. The minimum absolute atomic E-state index is 1.03. The third-order valence-corrected chi connectivity index (χ3v) is 3.71. The van der Waals surface area contributed by atoms with Gasteiger partial charge in [-0.25, -0.2) is 0 Å². The minimum atomic E-state index is 1.03. The fraction of sp³-hybridized carbons (Fsp3) is 0.304. The van der Waals surface area contributed by atoms with Crippen molar-refractivity contribution in [3.63, 3.8) is 0 Å². The van der Waals surface area contributed by atoms with Gasteiger partial charge >= 0.3 is 0 Å². The molecule has 122 valence electrons. The van der Waals surface area contributed by atoms with Crippen LogP contribution in [0.3, 0.4) is 0 Å². The third-order valence-electron chi connectivity index (χ3n) is 3.71. The molecule has 0 saturated carbocycles. The van der Waals surface area contributed by atoms with E-state index in [0.29, 0.717) is 0 Å². The van der Waals surface area contributed by atoms with Crippen LogP contribution in [0.25, 0.3) is 11.1 Å². The maximum atomic E-state index is 2.25. The molecule has 0 aliphatic heterocycles. The van der Waals surface area contributed by atoms with Gasteiger partial charge < -0.3 is 0 Å². The lowest BCUT2D eigenvalue weighted by Gasteiger charge is -2.07. The third kappa shape index (κ3) is 5.25. The quantitative estimate of drug-likeness (QED) is 0.549. The second-order valence-corrected chi connectivity index (χ2v) is 5.29. The monoisotopic (exact) mass is 306 g/mol. The van der Waals surface area contributed by atoms with Crippen molar-refractivity contribution in [2.24, 2.45) is 0 Å². The largest absolute Gasteiger partial charge is 0.0683 e. The first kappa shape index (κ1) is 19.0. The summed E-state index contributed by atoms with van der Waals surface area (Å²) in [7, 11) is 0. The van der Waals surface area contributed by atoms with E-state index >= 15 is 0 Å². The average molecular weight is 306 g/mol. The number of allylic oxidation sites excluding steroid dienone is 4. The summed E-state index contributed by atoms with van der Waals surface area (Å²) < 4.78 is 0. The first-order valence-corrected chi connectivity index (χ1v) is 8.76. The molecule has 0 unspecified atom stereocenters. The molecule has 1 aliphatic rings. The van der Waals surface area contributed by atoms with Crippen LogP contribution < -0.4 is 0 Å². The molecule has 0 bridgehead atoms. The van der Waals surface area contributed by atoms with Gasteiger partial charge in [0.1, 0.15) is 0 Å². The van der Waals surface area contributed by atoms with Crippen LogP contribution in [0.15, 0.2) is 60.7 Å². The van der Waals surface area contributed by atoms with Crippen molar-refractivity contribution in [3.8, 4) is 0 Å². The molecule has 0 heterocycles. The average Bonchev–Trinajstić information content (AvgIpc) is 3.10. The smallest absolute Gasteiger partial charge is 0.00139 e. The highest BCUT2D eigenvalue weighted by Gasteiger charge is 2.11. The lowest BCUT2D eigenvalue weighted by Crippen LogP contribution is -1.85. The summed E-state index contributed by atoms with van der Waals surface area (Å²) in [6.45, 7) is 12.3. The highest BCUT2D eigenvalue weighted by Crippen LogP contribution is 2.33. The second-order valence-electron chi connectivity index (χ2n) is 5.29. The Labute approximate surface area is 142 Å². The van der Waals surface area contributed by atoms with E-state index in [1.807, 2.05) is 27.7 Å². The Hall–Kier alpha value is -2.08. The molecule has 0 aromatic heterocycles. The SMILES string of the molecule is CC.CC.Cc1ccc(C2=CC=C(c3ccc(C)cc3)C2)cc1. The van der Waals surface area contributed by atoms with Crippen LogP contribution in [-0.4, -0.2) is 0 Å². The molecular weight excluding hydrogens is 276 g/mol. The molecule has 23 heavy (non-hydrogen) atoms. The molecule has 2 aromatic rings. The molecule has 0 atom stereocenters. The molecular formula is C23H30. The van der Waals surface area contributed by atoms with Gasteiger partial charge in [0.15, 0.2) is 0 Å². The standard InChI is InChI=1S/C19H18.2C2H6/c1-14-3-7-16(8-4-14)18-11-12-19(13-18)17-9-5-15(2)6-10-17;2*1-2/h3-12H,13H2,1-2H3;2*1-2H3. The number of hydrogen-bond donors (Lipinski definition) is 0. The van der Waals surface area contributed by atoms with Gasteiger partial charge in [0.2, 0.25) is 0 Å². The Morgan fingerprint density at radius 2 is 0.826 bits per heavy atom. The summed E-state index contributed by atoms with van der Waals surface area (Å²) in [4.78, 5) is 0. The van der Waals surface area contributed by atoms with E-state index in [2.05, 4.69) is 74.5 Å². The summed E-state index contributed by atoms with van der Waals surface area (Å²) >= 11 is 0. The van der Waals surface area contributed by atoms with E-state index < -0.39 is 0 Å². The number of hydrogen-bond acceptors (Lipinski definition) is 0. The van der Waals surface area contributed by atoms with Crippen molar-refractivity contribution < 1.29 is 0 Å². The lowest BCUT2D eigenvalue weighted by atomic mass is 9.98. The summed E-state index contributed by atoms with van der Waals surface area (Å²) in [5, 5.41) is 0. The normalized spacial score (nSPS) is 12.3. The van der Waals surface area contributed by atoms with Gasteiger partial charge in [-0.1, -0.05) is 99.5 Å². The number of benzene rings is 2. The van der Waals surface area contributed by atoms with Crippen molar-refractivity contribution in [3.05, 3.63) is 82.9 Å².